The van der Waals surface area contributed by atoms with E-state index in [1.165, 1.54) is 12.1 Å². The van der Waals surface area contributed by atoms with Gasteiger partial charge in [0.2, 0.25) is 0 Å². The van der Waals surface area contributed by atoms with Gasteiger partial charge in [-0.1, -0.05) is 11.6 Å². The fraction of sp³-hybridized carbons (Fsp3) is 0.200. The molecular formula is C15H16ClN3O2. The molecule has 110 valence electrons. The van der Waals surface area contributed by atoms with E-state index < -0.39 is 4.92 Å². The Morgan fingerprint density at radius 3 is 2.38 bits per heavy atom. The lowest BCUT2D eigenvalue weighted by Gasteiger charge is -2.13. The standard InChI is InChI=1S/C15H16ClN3O2/c1-18(2)13-7-4-12(5-8-13)17-10-11-3-6-14(19(20)21)9-15(11)16/h3-9,17H,10H2,1-2H3. The summed E-state index contributed by atoms with van der Waals surface area (Å²) in [5, 5.41) is 14.3. The van der Waals surface area contributed by atoms with Crippen molar-refractivity contribution in [1.29, 1.82) is 0 Å². The Labute approximate surface area is 128 Å². The van der Waals surface area contributed by atoms with Gasteiger partial charge in [0.15, 0.2) is 0 Å². The van der Waals surface area contributed by atoms with Crippen LogP contribution in [-0.4, -0.2) is 19.0 Å². The summed E-state index contributed by atoms with van der Waals surface area (Å²) in [5.41, 5.74) is 2.90. The first kappa shape index (κ1) is 15.1. The fourth-order valence-corrected chi connectivity index (χ4v) is 2.11. The molecule has 2 aromatic rings. The molecule has 2 aromatic carbocycles. The van der Waals surface area contributed by atoms with Gasteiger partial charge in [0, 0.05) is 44.1 Å². The lowest BCUT2D eigenvalue weighted by Crippen LogP contribution is -2.08. The molecule has 0 saturated heterocycles. The number of nitro benzene ring substituents is 1. The third-order valence-electron chi connectivity index (χ3n) is 3.11. The summed E-state index contributed by atoms with van der Waals surface area (Å²) in [5.74, 6) is 0. The molecule has 1 N–H and O–H groups in total. The van der Waals surface area contributed by atoms with Crippen molar-refractivity contribution in [2.45, 2.75) is 6.54 Å². The highest BCUT2D eigenvalue weighted by Crippen LogP contribution is 2.23. The number of hydrogen-bond donors (Lipinski definition) is 1. The van der Waals surface area contributed by atoms with Gasteiger partial charge in [-0.15, -0.1) is 0 Å². The van der Waals surface area contributed by atoms with Crippen LogP contribution >= 0.6 is 11.6 Å². The van der Waals surface area contributed by atoms with E-state index in [2.05, 4.69) is 5.32 Å². The molecule has 0 aromatic heterocycles. The maximum absolute atomic E-state index is 10.7. The number of nitrogens with one attached hydrogen (secondary N) is 1. The lowest BCUT2D eigenvalue weighted by molar-refractivity contribution is -0.384. The van der Waals surface area contributed by atoms with Crippen LogP contribution in [0.3, 0.4) is 0 Å². The smallest absolute Gasteiger partial charge is 0.270 e. The molecule has 0 aliphatic carbocycles. The summed E-state index contributed by atoms with van der Waals surface area (Å²) < 4.78 is 0. The maximum atomic E-state index is 10.7. The van der Waals surface area contributed by atoms with Crippen LogP contribution in [0.5, 0.6) is 0 Å². The van der Waals surface area contributed by atoms with E-state index >= 15 is 0 Å². The quantitative estimate of drug-likeness (QED) is 0.672. The molecule has 2 rings (SSSR count). The highest BCUT2D eigenvalue weighted by atomic mass is 35.5. The van der Waals surface area contributed by atoms with Crippen LogP contribution in [0.2, 0.25) is 5.02 Å². The molecule has 0 saturated carbocycles. The Kier molecular flexibility index (Phi) is 4.65. The number of anilines is 2. The molecule has 0 amide bonds. The Bertz CT molecular complexity index is 642. The number of benzene rings is 2. The average Bonchev–Trinajstić information content (AvgIpc) is 2.46. The molecule has 0 fully saturated rings. The first-order chi connectivity index (χ1) is 9.97. The van der Waals surface area contributed by atoms with Gasteiger partial charge in [0.05, 0.1) is 9.95 Å². The van der Waals surface area contributed by atoms with Crippen molar-refractivity contribution in [2.24, 2.45) is 0 Å². The van der Waals surface area contributed by atoms with Crippen LogP contribution in [0, 0.1) is 10.1 Å². The second-order valence-electron chi connectivity index (χ2n) is 4.83. The van der Waals surface area contributed by atoms with Crippen molar-refractivity contribution < 1.29 is 4.92 Å². The molecule has 0 atom stereocenters. The van der Waals surface area contributed by atoms with Crippen LogP contribution in [-0.2, 0) is 6.54 Å². The molecule has 0 aliphatic rings. The number of nitro groups is 1. The Hall–Kier alpha value is -2.27. The van der Waals surface area contributed by atoms with Crippen molar-refractivity contribution in [3.8, 4) is 0 Å². The zero-order valence-corrected chi connectivity index (χ0v) is 12.6. The van der Waals surface area contributed by atoms with Gasteiger partial charge in [0.1, 0.15) is 0 Å². The zero-order chi connectivity index (χ0) is 15.4. The Balaban J connectivity index is 2.04. The van der Waals surface area contributed by atoms with Crippen molar-refractivity contribution in [1.82, 2.24) is 0 Å². The van der Waals surface area contributed by atoms with E-state index in [0.717, 1.165) is 16.9 Å². The number of rotatable bonds is 5. The van der Waals surface area contributed by atoms with Gasteiger partial charge in [-0.3, -0.25) is 10.1 Å². The SMILES string of the molecule is CN(C)c1ccc(NCc2ccc([N+](=O)[O-])cc2Cl)cc1. The predicted octanol–water partition coefficient (Wildman–Crippen LogP) is 3.93. The van der Waals surface area contributed by atoms with E-state index in [1.807, 2.05) is 43.3 Å². The van der Waals surface area contributed by atoms with Gasteiger partial charge in [-0.2, -0.15) is 0 Å². The van der Waals surface area contributed by atoms with E-state index in [4.69, 9.17) is 11.6 Å². The second kappa shape index (κ2) is 6.45. The number of nitrogens with zero attached hydrogens (tertiary/aromatic N) is 2. The highest BCUT2D eigenvalue weighted by Gasteiger charge is 2.09. The average molecular weight is 306 g/mol. The molecule has 0 heterocycles. The van der Waals surface area contributed by atoms with Crippen molar-refractivity contribution in [2.75, 3.05) is 24.3 Å². The van der Waals surface area contributed by atoms with Gasteiger partial charge < -0.3 is 10.2 Å². The minimum Gasteiger partial charge on any atom is -0.381 e. The molecule has 0 bridgehead atoms. The molecule has 0 radical (unpaired) electrons. The Morgan fingerprint density at radius 1 is 1.19 bits per heavy atom. The number of hydrogen-bond acceptors (Lipinski definition) is 4. The van der Waals surface area contributed by atoms with Crippen molar-refractivity contribution in [3.63, 3.8) is 0 Å². The molecular weight excluding hydrogens is 290 g/mol. The van der Waals surface area contributed by atoms with Crippen LogP contribution in [0.25, 0.3) is 0 Å². The van der Waals surface area contributed by atoms with Crippen LogP contribution in [0.4, 0.5) is 17.1 Å². The van der Waals surface area contributed by atoms with Gasteiger partial charge in [0.25, 0.3) is 5.69 Å². The summed E-state index contributed by atoms with van der Waals surface area (Å²) in [7, 11) is 3.97. The molecule has 0 aliphatic heterocycles. The van der Waals surface area contributed by atoms with Crippen molar-refractivity contribution in [3.05, 3.63) is 63.2 Å². The van der Waals surface area contributed by atoms with Crippen LogP contribution < -0.4 is 10.2 Å². The predicted molar refractivity (Wildman–Crippen MR) is 86.2 cm³/mol. The summed E-state index contributed by atoms with van der Waals surface area (Å²) in [6.07, 6.45) is 0. The minimum absolute atomic E-state index is 0.000846. The minimum atomic E-state index is -0.455. The fourth-order valence-electron chi connectivity index (χ4n) is 1.87. The summed E-state index contributed by atoms with van der Waals surface area (Å²) in [4.78, 5) is 12.2. The maximum Gasteiger partial charge on any atom is 0.270 e. The van der Waals surface area contributed by atoms with E-state index in [9.17, 15) is 10.1 Å². The largest absolute Gasteiger partial charge is 0.381 e. The van der Waals surface area contributed by atoms with Gasteiger partial charge >= 0.3 is 0 Å². The van der Waals surface area contributed by atoms with Crippen LogP contribution in [0.1, 0.15) is 5.56 Å². The number of halogens is 1. The van der Waals surface area contributed by atoms with E-state index in [0.29, 0.717) is 11.6 Å². The van der Waals surface area contributed by atoms with Crippen molar-refractivity contribution >= 4 is 28.7 Å². The topological polar surface area (TPSA) is 58.4 Å². The third kappa shape index (κ3) is 3.86. The first-order valence-corrected chi connectivity index (χ1v) is 6.79. The van der Waals surface area contributed by atoms with E-state index in [-0.39, 0.29) is 5.69 Å². The van der Waals surface area contributed by atoms with Crippen LogP contribution in [0.15, 0.2) is 42.5 Å². The third-order valence-corrected chi connectivity index (χ3v) is 3.47. The summed E-state index contributed by atoms with van der Waals surface area (Å²) in [6, 6.07) is 12.5. The van der Waals surface area contributed by atoms with Gasteiger partial charge in [-0.05, 0) is 35.9 Å². The number of non-ortho nitro benzene ring substituents is 1. The molecule has 21 heavy (non-hydrogen) atoms. The summed E-state index contributed by atoms with van der Waals surface area (Å²) >= 11 is 6.06. The zero-order valence-electron chi connectivity index (χ0n) is 11.8. The lowest BCUT2D eigenvalue weighted by atomic mass is 10.2. The Morgan fingerprint density at radius 2 is 1.86 bits per heavy atom. The molecule has 0 spiro atoms. The highest BCUT2D eigenvalue weighted by molar-refractivity contribution is 6.31. The molecule has 6 heteroatoms. The molecule has 5 nitrogen and oxygen atoms in total. The summed E-state index contributed by atoms with van der Waals surface area (Å²) in [6.45, 7) is 0.512. The normalized spacial score (nSPS) is 10.2. The monoisotopic (exact) mass is 305 g/mol. The van der Waals surface area contributed by atoms with Gasteiger partial charge in [-0.25, -0.2) is 0 Å². The second-order valence-corrected chi connectivity index (χ2v) is 5.23. The first-order valence-electron chi connectivity index (χ1n) is 6.41. The molecule has 0 unspecified atom stereocenters. The van der Waals surface area contributed by atoms with E-state index in [1.54, 1.807) is 6.07 Å².